The predicted octanol–water partition coefficient (Wildman–Crippen LogP) is -0.328. The van der Waals surface area contributed by atoms with Gasteiger partial charge in [0.1, 0.15) is 0 Å². The molecule has 0 aromatic carbocycles. The van der Waals surface area contributed by atoms with Gasteiger partial charge in [-0.2, -0.15) is 0 Å². The number of ether oxygens (including phenoxy) is 3. The van der Waals surface area contributed by atoms with Gasteiger partial charge in [0.05, 0.1) is 25.7 Å². The molecule has 1 unspecified atom stereocenters. The number of rotatable bonds is 4. The molecule has 0 aliphatic carbocycles. The summed E-state index contributed by atoms with van der Waals surface area (Å²) in [5.41, 5.74) is 0. The minimum atomic E-state index is -1.04. The van der Waals surface area contributed by atoms with Crippen LogP contribution in [0.15, 0.2) is 0 Å². The van der Waals surface area contributed by atoms with Crippen LogP contribution >= 0.6 is 0 Å². The van der Waals surface area contributed by atoms with E-state index < -0.39 is 12.3 Å². The van der Waals surface area contributed by atoms with Gasteiger partial charge in [0.2, 0.25) is 0 Å². The fraction of sp³-hybridized carbons (Fsp3) is 0.900. The van der Waals surface area contributed by atoms with Gasteiger partial charge in [-0.25, -0.2) is 0 Å². The predicted molar refractivity (Wildman–Crippen MR) is 55.7 cm³/mol. The third-order valence-corrected chi connectivity index (χ3v) is 1.82. The standard InChI is InChI=1S/C6H12O4.C4H8O2/c1-3-10-6(8)4-5(7)9-2;5-4-1-2-6-3-4/h5,7H,3-4H2,1-2H3;4-5H,1-3H2/t5-;/m0./s1. The molecule has 1 saturated heterocycles. The first kappa shape index (κ1) is 15.3. The van der Waals surface area contributed by atoms with E-state index in [1.807, 2.05) is 0 Å². The lowest BCUT2D eigenvalue weighted by molar-refractivity contribution is -0.154. The lowest BCUT2D eigenvalue weighted by Crippen LogP contribution is -2.16. The van der Waals surface area contributed by atoms with Crippen molar-refractivity contribution in [1.29, 1.82) is 0 Å². The van der Waals surface area contributed by atoms with Crippen LogP contribution in [-0.4, -0.2) is 55.5 Å². The third kappa shape index (κ3) is 8.60. The molecule has 2 N–H and O–H groups in total. The smallest absolute Gasteiger partial charge is 0.310 e. The lowest BCUT2D eigenvalue weighted by atomic mass is 10.3. The van der Waals surface area contributed by atoms with E-state index in [2.05, 4.69) is 9.47 Å². The summed E-state index contributed by atoms with van der Waals surface area (Å²) in [6.07, 6.45) is -0.506. The maximum absolute atomic E-state index is 10.6. The van der Waals surface area contributed by atoms with Crippen molar-refractivity contribution in [2.24, 2.45) is 0 Å². The largest absolute Gasteiger partial charge is 0.466 e. The summed E-state index contributed by atoms with van der Waals surface area (Å²) in [7, 11) is 1.32. The molecule has 2 atom stereocenters. The van der Waals surface area contributed by atoms with Gasteiger partial charge in [0, 0.05) is 13.7 Å². The van der Waals surface area contributed by atoms with Gasteiger partial charge in [-0.1, -0.05) is 0 Å². The molecule has 0 aromatic heterocycles. The normalized spacial score (nSPS) is 20.9. The number of aliphatic hydroxyl groups is 2. The fourth-order valence-corrected chi connectivity index (χ4v) is 0.968. The summed E-state index contributed by atoms with van der Waals surface area (Å²) < 4.78 is 13.8. The summed E-state index contributed by atoms with van der Waals surface area (Å²) in [5.74, 6) is -0.447. The van der Waals surface area contributed by atoms with E-state index in [1.165, 1.54) is 7.11 Å². The molecule has 1 fully saturated rings. The zero-order valence-electron chi connectivity index (χ0n) is 9.72. The molecule has 16 heavy (non-hydrogen) atoms. The average molecular weight is 236 g/mol. The Labute approximate surface area is 95.1 Å². The second kappa shape index (κ2) is 9.53. The molecule has 1 aliphatic rings. The first-order valence-corrected chi connectivity index (χ1v) is 5.22. The van der Waals surface area contributed by atoms with Gasteiger partial charge in [-0.15, -0.1) is 0 Å². The highest BCUT2D eigenvalue weighted by Gasteiger charge is 2.09. The molecule has 0 aromatic rings. The number of hydrogen-bond acceptors (Lipinski definition) is 6. The van der Waals surface area contributed by atoms with E-state index in [1.54, 1.807) is 6.92 Å². The molecular formula is C10H20O6. The molecule has 1 aliphatic heterocycles. The second-order valence-electron chi connectivity index (χ2n) is 3.22. The average Bonchev–Trinajstić information content (AvgIpc) is 2.70. The highest BCUT2D eigenvalue weighted by Crippen LogP contribution is 2.00. The molecule has 1 rings (SSSR count). The minimum Gasteiger partial charge on any atom is -0.466 e. The van der Waals surface area contributed by atoms with Crippen molar-refractivity contribution in [3.8, 4) is 0 Å². The van der Waals surface area contributed by atoms with E-state index in [-0.39, 0.29) is 12.5 Å². The molecule has 6 nitrogen and oxygen atoms in total. The quantitative estimate of drug-likeness (QED) is 0.513. The Bertz CT molecular complexity index is 178. The van der Waals surface area contributed by atoms with E-state index in [0.29, 0.717) is 13.2 Å². The maximum atomic E-state index is 10.6. The van der Waals surface area contributed by atoms with Crippen LogP contribution in [0.1, 0.15) is 19.8 Å². The molecule has 0 bridgehead atoms. The highest BCUT2D eigenvalue weighted by atomic mass is 16.6. The summed E-state index contributed by atoms with van der Waals surface area (Å²) in [6.45, 7) is 3.31. The summed E-state index contributed by atoms with van der Waals surface area (Å²) in [4.78, 5) is 10.6. The van der Waals surface area contributed by atoms with Crippen molar-refractivity contribution in [1.82, 2.24) is 0 Å². The summed E-state index contributed by atoms with van der Waals surface area (Å²) in [6, 6.07) is 0. The topological polar surface area (TPSA) is 85.2 Å². The van der Waals surface area contributed by atoms with E-state index >= 15 is 0 Å². The van der Waals surface area contributed by atoms with Crippen LogP contribution in [0.4, 0.5) is 0 Å². The molecule has 0 amide bonds. The molecule has 96 valence electrons. The zero-order valence-corrected chi connectivity index (χ0v) is 9.72. The summed E-state index contributed by atoms with van der Waals surface area (Å²) >= 11 is 0. The SMILES string of the molecule is CCOC(=O)C[C@@H](O)OC.OC1CCOC1. The molecule has 0 radical (unpaired) electrons. The Kier molecular flexibility index (Phi) is 9.12. The third-order valence-electron chi connectivity index (χ3n) is 1.82. The zero-order chi connectivity index (χ0) is 12.4. The van der Waals surface area contributed by atoms with Gasteiger partial charge in [-0.3, -0.25) is 4.79 Å². The van der Waals surface area contributed by atoms with Crippen molar-refractivity contribution in [3.05, 3.63) is 0 Å². The van der Waals surface area contributed by atoms with Gasteiger partial charge in [-0.05, 0) is 13.3 Å². The van der Waals surface area contributed by atoms with Crippen LogP contribution in [0.5, 0.6) is 0 Å². The monoisotopic (exact) mass is 236 g/mol. The molecule has 0 spiro atoms. The van der Waals surface area contributed by atoms with Crippen LogP contribution in [0.25, 0.3) is 0 Å². The number of carbonyl (C=O) groups is 1. The maximum Gasteiger partial charge on any atom is 0.310 e. The number of esters is 1. The van der Waals surface area contributed by atoms with E-state index in [4.69, 9.17) is 14.9 Å². The Balaban J connectivity index is 0.000000315. The molecule has 6 heteroatoms. The lowest BCUT2D eigenvalue weighted by Gasteiger charge is -2.06. The number of aliphatic hydroxyl groups excluding tert-OH is 2. The van der Waals surface area contributed by atoms with Crippen molar-refractivity contribution >= 4 is 5.97 Å². The Morgan fingerprint density at radius 2 is 2.31 bits per heavy atom. The van der Waals surface area contributed by atoms with Crippen LogP contribution in [0.3, 0.4) is 0 Å². The molecular weight excluding hydrogens is 216 g/mol. The Hall–Kier alpha value is -0.690. The Morgan fingerprint density at radius 1 is 1.62 bits per heavy atom. The Morgan fingerprint density at radius 3 is 2.62 bits per heavy atom. The van der Waals surface area contributed by atoms with Crippen molar-refractivity contribution in [2.75, 3.05) is 26.9 Å². The highest BCUT2D eigenvalue weighted by molar-refractivity contribution is 5.69. The first-order chi connectivity index (χ1) is 7.60. The fourth-order valence-electron chi connectivity index (χ4n) is 0.968. The molecule has 1 heterocycles. The summed E-state index contributed by atoms with van der Waals surface area (Å²) in [5, 5.41) is 17.3. The van der Waals surface area contributed by atoms with Crippen molar-refractivity contribution in [2.45, 2.75) is 32.2 Å². The van der Waals surface area contributed by atoms with Crippen LogP contribution in [0.2, 0.25) is 0 Å². The number of carbonyl (C=O) groups excluding carboxylic acids is 1. The first-order valence-electron chi connectivity index (χ1n) is 5.22. The van der Waals surface area contributed by atoms with Crippen molar-refractivity contribution in [3.63, 3.8) is 0 Å². The second-order valence-corrected chi connectivity index (χ2v) is 3.22. The van der Waals surface area contributed by atoms with Crippen molar-refractivity contribution < 1.29 is 29.2 Å². The number of hydrogen-bond donors (Lipinski definition) is 2. The molecule has 0 saturated carbocycles. The van der Waals surface area contributed by atoms with Crippen LogP contribution < -0.4 is 0 Å². The van der Waals surface area contributed by atoms with Gasteiger partial charge in [0.15, 0.2) is 6.29 Å². The number of methoxy groups -OCH3 is 1. The van der Waals surface area contributed by atoms with E-state index in [0.717, 1.165) is 13.0 Å². The van der Waals surface area contributed by atoms with E-state index in [9.17, 15) is 4.79 Å². The minimum absolute atomic E-state index is 0.107. The van der Waals surface area contributed by atoms with Gasteiger partial charge >= 0.3 is 5.97 Å². The van der Waals surface area contributed by atoms with Crippen LogP contribution in [0, 0.1) is 0 Å². The van der Waals surface area contributed by atoms with Crippen LogP contribution in [-0.2, 0) is 19.0 Å². The van der Waals surface area contributed by atoms with Gasteiger partial charge in [0.25, 0.3) is 0 Å². The van der Waals surface area contributed by atoms with Gasteiger partial charge < -0.3 is 24.4 Å².